The second-order valence-corrected chi connectivity index (χ2v) is 5.97. The lowest BCUT2D eigenvalue weighted by atomic mass is 10.1. The number of carbonyl (C=O) groups excluding carboxylic acids is 2. The summed E-state index contributed by atoms with van der Waals surface area (Å²) in [6.45, 7) is 3.80. The Morgan fingerprint density at radius 3 is 2.60 bits per heavy atom. The Morgan fingerprint density at radius 2 is 2.05 bits per heavy atom. The molecule has 2 rings (SSSR count). The van der Waals surface area contributed by atoms with Gasteiger partial charge in [-0.25, -0.2) is 0 Å². The van der Waals surface area contributed by atoms with E-state index in [2.05, 4.69) is 21.2 Å². The highest BCUT2D eigenvalue weighted by molar-refractivity contribution is 9.10. The monoisotopic (exact) mass is 337 g/mol. The maximum atomic E-state index is 11.9. The van der Waals surface area contributed by atoms with E-state index in [4.69, 9.17) is 4.74 Å². The van der Waals surface area contributed by atoms with Crippen LogP contribution >= 0.6 is 15.9 Å². The van der Waals surface area contributed by atoms with Gasteiger partial charge in [0.15, 0.2) is 17.8 Å². The molecule has 0 aliphatic carbocycles. The lowest BCUT2D eigenvalue weighted by Gasteiger charge is -2.10. The Labute approximate surface area is 126 Å². The summed E-state index contributed by atoms with van der Waals surface area (Å²) in [6.07, 6.45) is 1.12. The summed E-state index contributed by atoms with van der Waals surface area (Å²) in [5.41, 5.74) is 0.916. The highest BCUT2D eigenvalue weighted by atomic mass is 79.9. The largest absolute Gasteiger partial charge is 0.465 e. The summed E-state index contributed by atoms with van der Waals surface area (Å²) in [4.78, 5) is 23.5. The van der Waals surface area contributed by atoms with Gasteiger partial charge in [-0.15, -0.1) is 0 Å². The van der Waals surface area contributed by atoms with Crippen molar-refractivity contribution in [2.45, 2.75) is 26.4 Å². The molecular weight excluding hydrogens is 322 g/mol. The zero-order chi connectivity index (χ0) is 14.7. The van der Waals surface area contributed by atoms with Crippen molar-refractivity contribution >= 4 is 27.6 Å². The van der Waals surface area contributed by atoms with Crippen LogP contribution in [0.1, 0.15) is 19.4 Å². The molecule has 1 amide bonds. The molecule has 1 aliphatic heterocycles. The van der Waals surface area contributed by atoms with E-state index in [1.165, 1.54) is 6.08 Å². The summed E-state index contributed by atoms with van der Waals surface area (Å²) in [6, 6.07) is 7.54. The van der Waals surface area contributed by atoms with Crippen molar-refractivity contribution in [3.05, 3.63) is 46.3 Å². The molecule has 20 heavy (non-hydrogen) atoms. The molecule has 1 aromatic rings. The van der Waals surface area contributed by atoms with Gasteiger partial charge < -0.3 is 4.74 Å². The van der Waals surface area contributed by atoms with Crippen molar-refractivity contribution in [2.24, 2.45) is 5.92 Å². The average molecular weight is 338 g/mol. The van der Waals surface area contributed by atoms with E-state index < -0.39 is 6.10 Å². The highest BCUT2D eigenvalue weighted by Crippen LogP contribution is 2.17. The van der Waals surface area contributed by atoms with Crippen molar-refractivity contribution < 1.29 is 14.3 Å². The van der Waals surface area contributed by atoms with Gasteiger partial charge in [0.25, 0.3) is 5.91 Å². The quantitative estimate of drug-likeness (QED) is 0.859. The fourth-order valence-electron chi connectivity index (χ4n) is 1.92. The summed E-state index contributed by atoms with van der Waals surface area (Å²) >= 11 is 3.34. The molecule has 1 heterocycles. The number of carbonyl (C=O) groups is 2. The minimum Gasteiger partial charge on any atom is -0.465 e. The number of halogens is 1. The molecule has 1 N–H and O–H groups in total. The van der Waals surface area contributed by atoms with E-state index in [1.807, 2.05) is 38.1 Å². The van der Waals surface area contributed by atoms with E-state index in [0.29, 0.717) is 0 Å². The molecule has 106 valence electrons. The minimum absolute atomic E-state index is 0.0717. The van der Waals surface area contributed by atoms with E-state index in [-0.39, 0.29) is 29.9 Å². The molecule has 0 unspecified atom stereocenters. The van der Waals surface area contributed by atoms with Crippen molar-refractivity contribution in [3.63, 3.8) is 0 Å². The van der Waals surface area contributed by atoms with Crippen LogP contribution in [0.4, 0.5) is 0 Å². The van der Waals surface area contributed by atoms with Crippen LogP contribution in [0.3, 0.4) is 0 Å². The van der Waals surface area contributed by atoms with Crippen LogP contribution in [0, 0.1) is 5.92 Å². The van der Waals surface area contributed by atoms with Crippen LogP contribution in [-0.4, -0.2) is 17.8 Å². The molecule has 0 bridgehead atoms. The van der Waals surface area contributed by atoms with E-state index in [9.17, 15) is 9.59 Å². The van der Waals surface area contributed by atoms with E-state index in [0.717, 1.165) is 10.0 Å². The zero-order valence-electron chi connectivity index (χ0n) is 11.4. The third kappa shape index (κ3) is 3.70. The molecule has 5 heteroatoms. The van der Waals surface area contributed by atoms with E-state index >= 15 is 0 Å². The Balaban J connectivity index is 1.99. The Bertz CT molecular complexity index is 549. The number of amides is 1. The molecule has 1 saturated heterocycles. The third-order valence-electron chi connectivity index (χ3n) is 2.95. The first-order valence-corrected chi connectivity index (χ1v) is 7.21. The van der Waals surface area contributed by atoms with Crippen LogP contribution in [0.25, 0.3) is 0 Å². The smallest absolute Gasteiger partial charge is 0.268 e. The second kappa shape index (κ2) is 6.22. The first-order chi connectivity index (χ1) is 9.45. The van der Waals surface area contributed by atoms with Gasteiger partial charge in [-0.1, -0.05) is 41.9 Å². The average Bonchev–Trinajstić information content (AvgIpc) is 2.73. The summed E-state index contributed by atoms with van der Waals surface area (Å²) in [5.74, 6) is 0.0213. The van der Waals surface area contributed by atoms with Gasteiger partial charge in [0.1, 0.15) is 0 Å². The van der Waals surface area contributed by atoms with Gasteiger partial charge >= 0.3 is 0 Å². The Hall–Kier alpha value is -1.62. The molecular formula is C15H16BrNO3. The number of benzene rings is 1. The Kier molecular flexibility index (Phi) is 4.60. The van der Waals surface area contributed by atoms with Gasteiger partial charge in [-0.2, -0.15) is 0 Å². The first kappa shape index (κ1) is 14.8. The van der Waals surface area contributed by atoms with Crippen molar-refractivity contribution in [3.8, 4) is 0 Å². The highest BCUT2D eigenvalue weighted by Gasteiger charge is 2.32. The SMILES string of the molecule is CC(C)[C@@H]1O/C(=C/C(=O)Cc2ccc(Br)cc2)NC1=O. The number of hydrogen-bond donors (Lipinski definition) is 1. The molecule has 4 nitrogen and oxygen atoms in total. The van der Waals surface area contributed by atoms with Crippen LogP contribution < -0.4 is 5.32 Å². The van der Waals surface area contributed by atoms with Crippen LogP contribution in [0.2, 0.25) is 0 Å². The molecule has 0 saturated carbocycles. The Morgan fingerprint density at radius 1 is 1.40 bits per heavy atom. The van der Waals surface area contributed by atoms with Crippen molar-refractivity contribution in [1.82, 2.24) is 5.32 Å². The molecule has 1 atom stereocenters. The summed E-state index contributed by atoms with van der Waals surface area (Å²) in [5, 5.41) is 2.58. The normalized spacial score (nSPS) is 20.1. The number of nitrogens with one attached hydrogen (secondary N) is 1. The van der Waals surface area contributed by atoms with Gasteiger partial charge in [0, 0.05) is 17.0 Å². The van der Waals surface area contributed by atoms with E-state index in [1.54, 1.807) is 0 Å². The van der Waals surface area contributed by atoms with Gasteiger partial charge in [0.2, 0.25) is 0 Å². The standard InChI is InChI=1S/C15H16BrNO3/c1-9(2)14-15(19)17-13(20-14)8-12(18)7-10-3-5-11(16)6-4-10/h3-6,8-9,14H,7H2,1-2H3,(H,17,19)/b13-8+/t14-/m0/s1. The molecule has 1 aliphatic rings. The fourth-order valence-corrected chi connectivity index (χ4v) is 2.19. The van der Waals surface area contributed by atoms with Crippen molar-refractivity contribution in [1.29, 1.82) is 0 Å². The first-order valence-electron chi connectivity index (χ1n) is 6.42. The zero-order valence-corrected chi connectivity index (χ0v) is 12.9. The molecule has 0 radical (unpaired) electrons. The number of hydrogen-bond acceptors (Lipinski definition) is 3. The topological polar surface area (TPSA) is 55.4 Å². The number of ketones is 1. The van der Waals surface area contributed by atoms with Crippen LogP contribution in [0.15, 0.2) is 40.7 Å². The number of ether oxygens (including phenoxy) is 1. The maximum Gasteiger partial charge on any atom is 0.268 e. The minimum atomic E-state index is -0.512. The fraction of sp³-hybridized carbons (Fsp3) is 0.333. The summed E-state index contributed by atoms with van der Waals surface area (Å²) in [7, 11) is 0. The lowest BCUT2D eigenvalue weighted by Crippen LogP contribution is -2.27. The van der Waals surface area contributed by atoms with Crippen LogP contribution in [0.5, 0.6) is 0 Å². The van der Waals surface area contributed by atoms with Gasteiger partial charge in [-0.3, -0.25) is 14.9 Å². The van der Waals surface area contributed by atoms with Gasteiger partial charge in [-0.05, 0) is 23.6 Å². The third-order valence-corrected chi connectivity index (χ3v) is 3.48. The van der Waals surface area contributed by atoms with Crippen LogP contribution in [-0.2, 0) is 20.7 Å². The lowest BCUT2D eigenvalue weighted by molar-refractivity contribution is -0.125. The van der Waals surface area contributed by atoms with Gasteiger partial charge in [0.05, 0.1) is 0 Å². The molecule has 0 spiro atoms. The molecule has 0 aromatic heterocycles. The predicted molar refractivity (Wildman–Crippen MR) is 78.8 cm³/mol. The van der Waals surface area contributed by atoms with Crippen molar-refractivity contribution in [2.75, 3.05) is 0 Å². The molecule has 1 fully saturated rings. The second-order valence-electron chi connectivity index (χ2n) is 5.05. The maximum absolute atomic E-state index is 11.9. The predicted octanol–water partition coefficient (Wildman–Crippen LogP) is 2.57. The summed E-state index contributed by atoms with van der Waals surface area (Å²) < 4.78 is 6.41. The number of rotatable bonds is 4. The number of allylic oxidation sites excluding steroid dienone is 1. The molecule has 1 aromatic carbocycles.